The standard InChI is InChI=1S/C13H16N2O/c1-2-3-10-15-13(16)12-6-4-11(5-7-12)8-9-14/h1,4-7H,3,8-10,14H2,(H,15,16). The minimum absolute atomic E-state index is 0.0884. The predicted octanol–water partition coefficient (Wildman–Crippen LogP) is 0.941. The highest BCUT2D eigenvalue weighted by Gasteiger charge is 2.03. The summed E-state index contributed by atoms with van der Waals surface area (Å²) in [6.07, 6.45) is 6.48. The van der Waals surface area contributed by atoms with Gasteiger partial charge >= 0.3 is 0 Å². The first kappa shape index (κ1) is 12.3. The van der Waals surface area contributed by atoms with Gasteiger partial charge in [0.05, 0.1) is 0 Å². The van der Waals surface area contributed by atoms with E-state index in [1.807, 2.05) is 12.1 Å². The van der Waals surface area contributed by atoms with Crippen molar-refractivity contribution in [2.75, 3.05) is 13.1 Å². The van der Waals surface area contributed by atoms with E-state index in [-0.39, 0.29) is 5.91 Å². The van der Waals surface area contributed by atoms with Gasteiger partial charge in [-0.2, -0.15) is 0 Å². The highest BCUT2D eigenvalue weighted by Crippen LogP contribution is 2.04. The first-order valence-electron chi connectivity index (χ1n) is 5.28. The van der Waals surface area contributed by atoms with Crippen LogP contribution in [0.15, 0.2) is 24.3 Å². The van der Waals surface area contributed by atoms with Crippen LogP contribution >= 0.6 is 0 Å². The van der Waals surface area contributed by atoms with Gasteiger partial charge in [-0.1, -0.05) is 12.1 Å². The van der Waals surface area contributed by atoms with Crippen molar-refractivity contribution in [3.63, 3.8) is 0 Å². The molecule has 3 nitrogen and oxygen atoms in total. The van der Waals surface area contributed by atoms with Crippen LogP contribution in [0.4, 0.5) is 0 Å². The van der Waals surface area contributed by atoms with Crippen LogP contribution in [0.25, 0.3) is 0 Å². The second-order valence-corrected chi connectivity index (χ2v) is 3.45. The molecule has 0 aliphatic carbocycles. The molecule has 0 heterocycles. The molecule has 0 atom stereocenters. The summed E-state index contributed by atoms with van der Waals surface area (Å²) in [5, 5.41) is 2.75. The number of hydrogen-bond donors (Lipinski definition) is 2. The third-order valence-corrected chi connectivity index (χ3v) is 2.20. The van der Waals surface area contributed by atoms with E-state index in [0.717, 1.165) is 12.0 Å². The van der Waals surface area contributed by atoms with Crippen LogP contribution in [-0.4, -0.2) is 19.0 Å². The van der Waals surface area contributed by atoms with Crippen molar-refractivity contribution >= 4 is 5.91 Å². The summed E-state index contributed by atoms with van der Waals surface area (Å²) in [6.45, 7) is 1.13. The summed E-state index contributed by atoms with van der Waals surface area (Å²) in [4.78, 5) is 11.6. The van der Waals surface area contributed by atoms with E-state index in [9.17, 15) is 4.79 Å². The van der Waals surface area contributed by atoms with Gasteiger partial charge in [-0.3, -0.25) is 4.79 Å². The van der Waals surface area contributed by atoms with E-state index in [1.54, 1.807) is 12.1 Å². The Kier molecular flexibility index (Phi) is 5.10. The smallest absolute Gasteiger partial charge is 0.251 e. The number of terminal acetylenes is 1. The molecule has 0 bridgehead atoms. The Morgan fingerprint density at radius 3 is 2.62 bits per heavy atom. The van der Waals surface area contributed by atoms with E-state index in [2.05, 4.69) is 11.2 Å². The van der Waals surface area contributed by atoms with Gasteiger partial charge in [-0.05, 0) is 30.7 Å². The molecule has 0 aromatic heterocycles. The summed E-state index contributed by atoms with van der Waals surface area (Å²) in [7, 11) is 0. The molecule has 1 aromatic carbocycles. The molecule has 84 valence electrons. The van der Waals surface area contributed by atoms with Crippen molar-refractivity contribution in [1.29, 1.82) is 0 Å². The van der Waals surface area contributed by atoms with Gasteiger partial charge in [-0.15, -0.1) is 12.3 Å². The maximum Gasteiger partial charge on any atom is 0.251 e. The largest absolute Gasteiger partial charge is 0.351 e. The Morgan fingerprint density at radius 1 is 1.38 bits per heavy atom. The summed E-state index contributed by atoms with van der Waals surface area (Å²) < 4.78 is 0. The zero-order valence-corrected chi connectivity index (χ0v) is 9.20. The molecule has 1 amide bonds. The van der Waals surface area contributed by atoms with Crippen molar-refractivity contribution in [3.8, 4) is 12.3 Å². The molecular weight excluding hydrogens is 200 g/mol. The topological polar surface area (TPSA) is 55.1 Å². The minimum Gasteiger partial charge on any atom is -0.351 e. The molecule has 1 rings (SSSR count). The molecule has 0 radical (unpaired) electrons. The molecule has 0 saturated heterocycles. The maximum absolute atomic E-state index is 11.6. The fourth-order valence-corrected chi connectivity index (χ4v) is 1.34. The normalized spacial score (nSPS) is 9.50. The Balaban J connectivity index is 2.53. The van der Waals surface area contributed by atoms with Crippen molar-refractivity contribution < 1.29 is 4.79 Å². The van der Waals surface area contributed by atoms with Gasteiger partial charge in [0.15, 0.2) is 0 Å². The summed E-state index contributed by atoms with van der Waals surface area (Å²) in [6, 6.07) is 7.44. The second-order valence-electron chi connectivity index (χ2n) is 3.45. The van der Waals surface area contributed by atoms with Crippen molar-refractivity contribution in [1.82, 2.24) is 5.32 Å². The quantitative estimate of drug-likeness (QED) is 0.568. The van der Waals surface area contributed by atoms with E-state index in [0.29, 0.717) is 25.1 Å². The average molecular weight is 216 g/mol. The molecule has 16 heavy (non-hydrogen) atoms. The average Bonchev–Trinajstić information content (AvgIpc) is 2.30. The Hall–Kier alpha value is -1.79. The predicted molar refractivity (Wildman–Crippen MR) is 65.0 cm³/mol. The molecule has 0 spiro atoms. The van der Waals surface area contributed by atoms with Crippen LogP contribution < -0.4 is 11.1 Å². The van der Waals surface area contributed by atoms with Crippen LogP contribution in [0, 0.1) is 12.3 Å². The summed E-state index contributed by atoms with van der Waals surface area (Å²) in [5.41, 5.74) is 7.23. The van der Waals surface area contributed by atoms with E-state index in [4.69, 9.17) is 12.2 Å². The maximum atomic E-state index is 11.6. The number of nitrogens with one attached hydrogen (secondary N) is 1. The van der Waals surface area contributed by atoms with E-state index in [1.165, 1.54) is 0 Å². The van der Waals surface area contributed by atoms with Crippen LogP contribution in [-0.2, 0) is 6.42 Å². The van der Waals surface area contributed by atoms with Crippen molar-refractivity contribution in [3.05, 3.63) is 35.4 Å². The van der Waals surface area contributed by atoms with Crippen LogP contribution in [0.5, 0.6) is 0 Å². The molecule has 0 fully saturated rings. The van der Waals surface area contributed by atoms with Gasteiger partial charge in [-0.25, -0.2) is 0 Å². The van der Waals surface area contributed by atoms with Crippen LogP contribution in [0.1, 0.15) is 22.3 Å². The molecule has 3 N–H and O–H groups in total. The van der Waals surface area contributed by atoms with Crippen molar-refractivity contribution in [2.24, 2.45) is 5.73 Å². The van der Waals surface area contributed by atoms with Gasteiger partial charge in [0.1, 0.15) is 0 Å². The fraction of sp³-hybridized carbons (Fsp3) is 0.308. The second kappa shape index (κ2) is 6.65. The lowest BCUT2D eigenvalue weighted by molar-refractivity contribution is 0.0954. The lowest BCUT2D eigenvalue weighted by Crippen LogP contribution is -2.24. The van der Waals surface area contributed by atoms with Gasteiger partial charge in [0.2, 0.25) is 0 Å². The lowest BCUT2D eigenvalue weighted by atomic mass is 10.1. The highest BCUT2D eigenvalue weighted by molar-refractivity contribution is 5.94. The number of benzene rings is 1. The number of hydrogen-bond acceptors (Lipinski definition) is 2. The van der Waals surface area contributed by atoms with Crippen molar-refractivity contribution in [2.45, 2.75) is 12.8 Å². The molecule has 1 aromatic rings. The first-order chi connectivity index (χ1) is 7.77. The van der Waals surface area contributed by atoms with Gasteiger partial charge < -0.3 is 11.1 Å². The molecule has 3 heteroatoms. The Bertz CT molecular complexity index is 376. The van der Waals surface area contributed by atoms with Crippen LogP contribution in [0.2, 0.25) is 0 Å². The zero-order valence-electron chi connectivity index (χ0n) is 9.20. The molecular formula is C13H16N2O. The molecule has 0 aliphatic heterocycles. The van der Waals surface area contributed by atoms with Gasteiger partial charge in [0.25, 0.3) is 5.91 Å². The Morgan fingerprint density at radius 2 is 2.06 bits per heavy atom. The number of rotatable bonds is 5. The minimum atomic E-state index is -0.0884. The number of amides is 1. The zero-order chi connectivity index (χ0) is 11.8. The SMILES string of the molecule is C#CCCNC(=O)c1ccc(CCN)cc1. The molecule has 0 aliphatic rings. The molecule has 0 unspecified atom stereocenters. The fourth-order valence-electron chi connectivity index (χ4n) is 1.34. The number of carbonyl (C=O) groups excluding carboxylic acids is 1. The van der Waals surface area contributed by atoms with E-state index < -0.39 is 0 Å². The van der Waals surface area contributed by atoms with Crippen LogP contribution in [0.3, 0.4) is 0 Å². The highest BCUT2D eigenvalue weighted by atomic mass is 16.1. The molecule has 0 saturated carbocycles. The first-order valence-corrected chi connectivity index (χ1v) is 5.28. The summed E-state index contributed by atoms with van der Waals surface area (Å²) >= 11 is 0. The number of nitrogens with two attached hydrogens (primary N) is 1. The third kappa shape index (κ3) is 3.76. The van der Waals surface area contributed by atoms with Gasteiger partial charge in [0, 0.05) is 18.5 Å². The third-order valence-electron chi connectivity index (χ3n) is 2.20. The summed E-state index contributed by atoms with van der Waals surface area (Å²) in [5.74, 6) is 2.38. The number of carbonyl (C=O) groups is 1. The Labute approximate surface area is 96.0 Å². The van der Waals surface area contributed by atoms with E-state index >= 15 is 0 Å². The monoisotopic (exact) mass is 216 g/mol. The lowest BCUT2D eigenvalue weighted by Gasteiger charge is -2.04.